The predicted octanol–water partition coefficient (Wildman–Crippen LogP) is 2.70. The van der Waals surface area contributed by atoms with Gasteiger partial charge in [-0.1, -0.05) is 28.1 Å². The van der Waals surface area contributed by atoms with Crippen molar-refractivity contribution in [2.75, 3.05) is 44.6 Å². The van der Waals surface area contributed by atoms with E-state index in [1.807, 2.05) is 12.3 Å². The van der Waals surface area contributed by atoms with Crippen molar-refractivity contribution in [1.29, 1.82) is 0 Å². The second kappa shape index (κ2) is 7.20. The van der Waals surface area contributed by atoms with Crippen molar-refractivity contribution in [3.8, 4) is 0 Å². The minimum absolute atomic E-state index is 0.961. The molecule has 3 rings (SSSR count). The van der Waals surface area contributed by atoms with Gasteiger partial charge in [-0.15, -0.1) is 0 Å². The maximum absolute atomic E-state index is 4.48. The summed E-state index contributed by atoms with van der Waals surface area (Å²) in [5, 5.41) is 9.25. The Bertz CT molecular complexity index is 596. The third-order valence-electron chi connectivity index (χ3n) is 3.91. The van der Waals surface area contributed by atoms with Gasteiger partial charge >= 0.3 is 0 Å². The second-order valence-corrected chi connectivity index (χ2v) is 6.22. The summed E-state index contributed by atoms with van der Waals surface area (Å²) >= 11 is 3.60. The molecule has 1 aliphatic heterocycles. The van der Waals surface area contributed by atoms with Crippen LogP contribution < -0.4 is 10.6 Å². The topological polar surface area (TPSA) is 40.2 Å². The average molecular weight is 349 g/mol. The van der Waals surface area contributed by atoms with E-state index in [9.17, 15) is 0 Å². The molecule has 21 heavy (non-hydrogen) atoms. The number of piperazine rings is 1. The van der Waals surface area contributed by atoms with Crippen molar-refractivity contribution in [3.05, 3.63) is 34.9 Å². The van der Waals surface area contributed by atoms with Gasteiger partial charge in [0, 0.05) is 54.2 Å². The second-order valence-electron chi connectivity index (χ2n) is 5.37. The van der Waals surface area contributed by atoms with Gasteiger partial charge in [0.2, 0.25) is 0 Å². The van der Waals surface area contributed by atoms with E-state index in [1.165, 1.54) is 23.9 Å². The number of hydrogen-bond acceptors (Lipinski definition) is 4. The zero-order valence-electron chi connectivity index (χ0n) is 12.1. The lowest BCUT2D eigenvalue weighted by Gasteiger charge is -2.27. The molecule has 0 unspecified atom stereocenters. The van der Waals surface area contributed by atoms with Crippen LogP contribution in [-0.2, 0) is 0 Å². The van der Waals surface area contributed by atoms with Crippen molar-refractivity contribution in [2.24, 2.45) is 0 Å². The van der Waals surface area contributed by atoms with Gasteiger partial charge in [0.15, 0.2) is 0 Å². The molecule has 0 spiro atoms. The minimum atomic E-state index is 0.961. The van der Waals surface area contributed by atoms with Crippen LogP contribution in [0, 0.1) is 0 Å². The summed E-state index contributed by atoms with van der Waals surface area (Å²) in [7, 11) is 0. The predicted molar refractivity (Wildman–Crippen MR) is 91.9 cm³/mol. The molecule has 4 nitrogen and oxygen atoms in total. The molecule has 1 aromatic heterocycles. The summed E-state index contributed by atoms with van der Waals surface area (Å²) in [6, 6.07) is 8.29. The molecule has 0 bridgehead atoms. The van der Waals surface area contributed by atoms with Crippen molar-refractivity contribution < 1.29 is 0 Å². The van der Waals surface area contributed by atoms with Gasteiger partial charge in [-0.05, 0) is 25.1 Å². The van der Waals surface area contributed by atoms with Gasteiger partial charge < -0.3 is 15.5 Å². The molecule has 1 fully saturated rings. The van der Waals surface area contributed by atoms with Crippen LogP contribution in [0.2, 0.25) is 0 Å². The first-order valence-electron chi connectivity index (χ1n) is 7.55. The van der Waals surface area contributed by atoms with E-state index in [-0.39, 0.29) is 0 Å². The van der Waals surface area contributed by atoms with Crippen molar-refractivity contribution in [3.63, 3.8) is 0 Å². The third kappa shape index (κ3) is 3.73. The molecule has 2 heterocycles. The molecule has 1 aromatic carbocycles. The number of fused-ring (bicyclic) bond motifs is 1. The van der Waals surface area contributed by atoms with E-state index in [0.29, 0.717) is 0 Å². The van der Waals surface area contributed by atoms with E-state index in [4.69, 9.17) is 0 Å². The highest BCUT2D eigenvalue weighted by Gasteiger charge is 2.09. The van der Waals surface area contributed by atoms with E-state index >= 15 is 0 Å². The Hall–Kier alpha value is -1.17. The summed E-state index contributed by atoms with van der Waals surface area (Å²) in [6.45, 7) is 6.68. The van der Waals surface area contributed by atoms with Gasteiger partial charge in [0.05, 0.1) is 0 Å². The van der Waals surface area contributed by atoms with E-state index < -0.39 is 0 Å². The highest BCUT2D eigenvalue weighted by molar-refractivity contribution is 9.10. The van der Waals surface area contributed by atoms with E-state index in [0.717, 1.165) is 42.9 Å². The first kappa shape index (κ1) is 14.8. The lowest BCUT2D eigenvalue weighted by atomic mass is 10.1. The molecule has 0 aliphatic carbocycles. The lowest BCUT2D eigenvalue weighted by Crippen LogP contribution is -2.44. The fraction of sp³-hybridized carbons (Fsp3) is 0.438. The standard InChI is InChI=1S/C16H21BrN4/c17-15-4-1-3-14-13(15)5-7-20-16(14)19-6-2-10-21-11-8-18-9-12-21/h1,3-5,7,18H,2,6,8-12H2,(H,19,20). The number of pyridine rings is 1. The molecule has 2 aromatic rings. The largest absolute Gasteiger partial charge is 0.370 e. The number of halogens is 1. The molecule has 112 valence electrons. The highest BCUT2D eigenvalue weighted by atomic mass is 79.9. The summed E-state index contributed by atoms with van der Waals surface area (Å²) < 4.78 is 1.12. The third-order valence-corrected chi connectivity index (χ3v) is 4.60. The van der Waals surface area contributed by atoms with Gasteiger partial charge in [0.25, 0.3) is 0 Å². The number of benzene rings is 1. The van der Waals surface area contributed by atoms with E-state index in [2.05, 4.69) is 54.6 Å². The molecular formula is C16H21BrN4. The molecule has 1 saturated heterocycles. The smallest absolute Gasteiger partial charge is 0.133 e. The van der Waals surface area contributed by atoms with Crippen LogP contribution in [0.3, 0.4) is 0 Å². The van der Waals surface area contributed by atoms with Crippen LogP contribution in [0.15, 0.2) is 34.9 Å². The maximum atomic E-state index is 4.48. The number of nitrogens with one attached hydrogen (secondary N) is 2. The summed E-state index contributed by atoms with van der Waals surface area (Å²) in [4.78, 5) is 7.00. The number of aromatic nitrogens is 1. The van der Waals surface area contributed by atoms with Crippen molar-refractivity contribution in [2.45, 2.75) is 6.42 Å². The highest BCUT2D eigenvalue weighted by Crippen LogP contribution is 2.27. The molecule has 1 aliphatic rings. The monoisotopic (exact) mass is 348 g/mol. The number of nitrogens with zero attached hydrogens (tertiary/aromatic N) is 2. The summed E-state index contributed by atoms with van der Waals surface area (Å²) in [6.07, 6.45) is 3.01. The van der Waals surface area contributed by atoms with Crippen molar-refractivity contribution in [1.82, 2.24) is 15.2 Å². The Morgan fingerprint density at radius 2 is 2.05 bits per heavy atom. The molecule has 0 amide bonds. The fourth-order valence-electron chi connectivity index (χ4n) is 2.75. The number of rotatable bonds is 5. The van der Waals surface area contributed by atoms with Crippen LogP contribution >= 0.6 is 15.9 Å². The summed E-state index contributed by atoms with van der Waals surface area (Å²) in [5.41, 5.74) is 0. The SMILES string of the molecule is Brc1cccc2c(NCCCN3CCNCC3)nccc12. The van der Waals surface area contributed by atoms with Gasteiger partial charge in [-0.25, -0.2) is 4.98 Å². The minimum Gasteiger partial charge on any atom is -0.370 e. The Kier molecular flexibility index (Phi) is 5.06. The van der Waals surface area contributed by atoms with Gasteiger partial charge in [-0.2, -0.15) is 0 Å². The molecule has 0 saturated carbocycles. The molecule has 2 N–H and O–H groups in total. The quantitative estimate of drug-likeness (QED) is 0.815. The van der Waals surface area contributed by atoms with Gasteiger partial charge in [0.1, 0.15) is 5.82 Å². The zero-order chi connectivity index (χ0) is 14.5. The van der Waals surface area contributed by atoms with Crippen LogP contribution in [0.1, 0.15) is 6.42 Å². The lowest BCUT2D eigenvalue weighted by molar-refractivity contribution is 0.240. The zero-order valence-corrected chi connectivity index (χ0v) is 13.7. The molecule has 5 heteroatoms. The van der Waals surface area contributed by atoms with Crippen LogP contribution in [0.25, 0.3) is 10.8 Å². The number of hydrogen-bond donors (Lipinski definition) is 2. The molecule has 0 radical (unpaired) electrons. The first-order chi connectivity index (χ1) is 10.3. The summed E-state index contributed by atoms with van der Waals surface area (Å²) in [5.74, 6) is 0.981. The van der Waals surface area contributed by atoms with Crippen molar-refractivity contribution >= 4 is 32.5 Å². The Balaban J connectivity index is 1.57. The molecular weight excluding hydrogens is 328 g/mol. The van der Waals surface area contributed by atoms with Crippen LogP contribution in [0.4, 0.5) is 5.82 Å². The Labute approximate surface area is 134 Å². The first-order valence-corrected chi connectivity index (χ1v) is 8.34. The number of anilines is 1. The van der Waals surface area contributed by atoms with Gasteiger partial charge in [-0.3, -0.25) is 0 Å². The fourth-order valence-corrected chi connectivity index (χ4v) is 3.25. The van der Waals surface area contributed by atoms with Crippen LogP contribution in [-0.4, -0.2) is 49.2 Å². The Morgan fingerprint density at radius 3 is 2.90 bits per heavy atom. The Morgan fingerprint density at radius 1 is 1.19 bits per heavy atom. The van der Waals surface area contributed by atoms with Crippen LogP contribution in [0.5, 0.6) is 0 Å². The van der Waals surface area contributed by atoms with E-state index in [1.54, 1.807) is 0 Å². The molecule has 0 atom stereocenters. The maximum Gasteiger partial charge on any atom is 0.133 e. The normalized spacial score (nSPS) is 16.2. The average Bonchev–Trinajstić information content (AvgIpc) is 2.53.